The third-order valence-electron chi connectivity index (χ3n) is 4.00. The van der Waals surface area contributed by atoms with E-state index >= 15 is 0 Å². The number of aromatic hydroxyl groups is 1. The summed E-state index contributed by atoms with van der Waals surface area (Å²) in [6, 6.07) is 11.4. The number of amides is 1. The van der Waals surface area contributed by atoms with Crippen molar-refractivity contribution in [3.63, 3.8) is 0 Å². The normalized spacial score (nSPS) is 11.1. The van der Waals surface area contributed by atoms with Crippen LogP contribution in [0.1, 0.15) is 66.6 Å². The van der Waals surface area contributed by atoms with Gasteiger partial charge in [0.2, 0.25) is 0 Å². The second-order valence-corrected chi connectivity index (χ2v) is 6.64. The van der Waals surface area contributed by atoms with Gasteiger partial charge in [-0.05, 0) is 48.1 Å². The van der Waals surface area contributed by atoms with Gasteiger partial charge in [-0.15, -0.1) is 0 Å². The number of hydrogen-bond donors (Lipinski definition) is 2. The molecular formula is C20H25NO2. The van der Waals surface area contributed by atoms with Crippen molar-refractivity contribution in [2.45, 2.75) is 46.5 Å². The van der Waals surface area contributed by atoms with Crippen LogP contribution in [0.3, 0.4) is 0 Å². The van der Waals surface area contributed by atoms with Gasteiger partial charge >= 0.3 is 0 Å². The second kappa shape index (κ2) is 6.86. The first kappa shape index (κ1) is 17.1. The van der Waals surface area contributed by atoms with Crippen LogP contribution >= 0.6 is 0 Å². The number of nitrogens with one attached hydrogen (secondary N) is 1. The Labute approximate surface area is 138 Å². The fourth-order valence-corrected chi connectivity index (χ4v) is 2.46. The molecule has 2 N–H and O–H groups in total. The number of rotatable bonds is 4. The third kappa shape index (κ3) is 3.92. The van der Waals surface area contributed by atoms with E-state index in [1.54, 1.807) is 6.07 Å². The quantitative estimate of drug-likeness (QED) is 0.815. The van der Waals surface area contributed by atoms with E-state index in [9.17, 15) is 9.90 Å². The van der Waals surface area contributed by atoms with Gasteiger partial charge in [0, 0.05) is 5.69 Å². The van der Waals surface area contributed by atoms with E-state index in [-0.39, 0.29) is 17.6 Å². The zero-order chi connectivity index (χ0) is 17.1. The number of carbonyl (C=O) groups is 1. The van der Waals surface area contributed by atoms with Gasteiger partial charge in [0.15, 0.2) is 0 Å². The van der Waals surface area contributed by atoms with Crippen molar-refractivity contribution >= 4 is 11.6 Å². The molecule has 0 saturated carbocycles. The highest BCUT2D eigenvalue weighted by molar-refractivity contribution is 6.06. The number of benzene rings is 2. The molecule has 3 heteroatoms. The Morgan fingerprint density at radius 1 is 1.00 bits per heavy atom. The standard InChI is InChI=1S/C20H25NO2/c1-12(2)15-10-17(13(3)4)19(22)18(11-15)20(23)21-16-8-6-14(5)7-9-16/h6-13,22H,1-5H3,(H,21,23). The van der Waals surface area contributed by atoms with Crippen molar-refractivity contribution in [3.05, 3.63) is 58.7 Å². The van der Waals surface area contributed by atoms with Crippen molar-refractivity contribution in [1.29, 1.82) is 0 Å². The predicted octanol–water partition coefficient (Wildman–Crippen LogP) is 5.20. The average molecular weight is 311 g/mol. The topological polar surface area (TPSA) is 49.3 Å². The Bertz CT molecular complexity index is 700. The predicted molar refractivity (Wildman–Crippen MR) is 95.4 cm³/mol. The second-order valence-electron chi connectivity index (χ2n) is 6.64. The van der Waals surface area contributed by atoms with Crippen molar-refractivity contribution < 1.29 is 9.90 Å². The molecule has 1 amide bonds. The van der Waals surface area contributed by atoms with Crippen LogP contribution in [0.15, 0.2) is 36.4 Å². The van der Waals surface area contributed by atoms with E-state index in [2.05, 4.69) is 19.2 Å². The largest absolute Gasteiger partial charge is 0.507 e. The molecule has 0 aliphatic rings. The van der Waals surface area contributed by atoms with Crippen LogP contribution in [0.4, 0.5) is 5.69 Å². The highest BCUT2D eigenvalue weighted by Crippen LogP contribution is 2.33. The molecule has 0 atom stereocenters. The number of aryl methyl sites for hydroxylation is 1. The fourth-order valence-electron chi connectivity index (χ4n) is 2.46. The van der Waals surface area contributed by atoms with E-state index in [0.717, 1.165) is 22.4 Å². The van der Waals surface area contributed by atoms with Gasteiger partial charge in [-0.25, -0.2) is 0 Å². The van der Waals surface area contributed by atoms with E-state index in [4.69, 9.17) is 0 Å². The summed E-state index contributed by atoms with van der Waals surface area (Å²) in [5.41, 5.74) is 4.06. The van der Waals surface area contributed by atoms with Crippen LogP contribution < -0.4 is 5.32 Å². The molecule has 0 saturated heterocycles. The number of hydrogen-bond acceptors (Lipinski definition) is 2. The Morgan fingerprint density at radius 3 is 2.13 bits per heavy atom. The molecular weight excluding hydrogens is 286 g/mol. The summed E-state index contributed by atoms with van der Waals surface area (Å²) in [5.74, 6) is 0.239. The Morgan fingerprint density at radius 2 is 1.61 bits per heavy atom. The van der Waals surface area contributed by atoms with E-state index in [1.807, 2.05) is 51.1 Å². The summed E-state index contributed by atoms with van der Waals surface area (Å²) >= 11 is 0. The number of carbonyl (C=O) groups excluding carboxylic acids is 1. The fraction of sp³-hybridized carbons (Fsp3) is 0.350. The van der Waals surface area contributed by atoms with Gasteiger partial charge in [0.25, 0.3) is 5.91 Å². The van der Waals surface area contributed by atoms with Crippen LogP contribution in [0.2, 0.25) is 0 Å². The summed E-state index contributed by atoms with van der Waals surface area (Å²) < 4.78 is 0. The number of phenols is 1. The Hall–Kier alpha value is -2.29. The molecule has 122 valence electrons. The van der Waals surface area contributed by atoms with E-state index in [0.29, 0.717) is 11.5 Å². The minimum absolute atomic E-state index is 0.0778. The molecule has 23 heavy (non-hydrogen) atoms. The maximum atomic E-state index is 12.6. The van der Waals surface area contributed by atoms with Crippen LogP contribution in [0.25, 0.3) is 0 Å². The zero-order valence-corrected chi connectivity index (χ0v) is 14.5. The van der Waals surface area contributed by atoms with Gasteiger partial charge in [-0.2, -0.15) is 0 Å². The van der Waals surface area contributed by atoms with Crippen molar-refractivity contribution in [3.8, 4) is 5.75 Å². The van der Waals surface area contributed by atoms with Gasteiger partial charge in [-0.1, -0.05) is 51.5 Å². The lowest BCUT2D eigenvalue weighted by Gasteiger charge is -2.17. The lowest BCUT2D eigenvalue weighted by molar-refractivity contribution is 0.102. The summed E-state index contributed by atoms with van der Waals surface area (Å²) in [4.78, 5) is 12.6. The van der Waals surface area contributed by atoms with Gasteiger partial charge in [0.05, 0.1) is 5.56 Å². The summed E-state index contributed by atoms with van der Waals surface area (Å²) in [7, 11) is 0. The maximum Gasteiger partial charge on any atom is 0.259 e. The SMILES string of the molecule is Cc1ccc(NC(=O)c2cc(C(C)C)cc(C(C)C)c2O)cc1. The van der Waals surface area contributed by atoms with Gasteiger partial charge < -0.3 is 10.4 Å². The van der Waals surface area contributed by atoms with Crippen LogP contribution in [-0.4, -0.2) is 11.0 Å². The summed E-state index contributed by atoms with van der Waals surface area (Å²) in [5, 5.41) is 13.4. The molecule has 0 aliphatic heterocycles. The smallest absolute Gasteiger partial charge is 0.259 e. The van der Waals surface area contributed by atoms with Crippen molar-refractivity contribution in [1.82, 2.24) is 0 Å². The number of anilines is 1. The molecule has 2 aromatic rings. The van der Waals surface area contributed by atoms with Crippen LogP contribution in [-0.2, 0) is 0 Å². The molecule has 2 rings (SSSR count). The Kier molecular flexibility index (Phi) is 5.09. The number of phenolic OH excluding ortho intramolecular Hbond substituents is 1. The monoisotopic (exact) mass is 311 g/mol. The first-order valence-corrected chi connectivity index (χ1v) is 8.04. The van der Waals surface area contributed by atoms with E-state index in [1.165, 1.54) is 0 Å². The van der Waals surface area contributed by atoms with Crippen molar-refractivity contribution in [2.75, 3.05) is 5.32 Å². The first-order chi connectivity index (χ1) is 10.8. The average Bonchev–Trinajstić information content (AvgIpc) is 2.49. The maximum absolute atomic E-state index is 12.6. The molecule has 0 unspecified atom stereocenters. The van der Waals surface area contributed by atoms with Crippen molar-refractivity contribution in [2.24, 2.45) is 0 Å². The van der Waals surface area contributed by atoms with E-state index < -0.39 is 0 Å². The molecule has 0 aliphatic carbocycles. The molecule has 0 radical (unpaired) electrons. The van der Waals surface area contributed by atoms with Crippen LogP contribution in [0.5, 0.6) is 5.75 Å². The Balaban J connectivity index is 2.40. The molecule has 0 heterocycles. The minimum Gasteiger partial charge on any atom is -0.507 e. The molecule has 0 bridgehead atoms. The lowest BCUT2D eigenvalue weighted by atomic mass is 9.91. The highest BCUT2D eigenvalue weighted by atomic mass is 16.3. The molecule has 2 aromatic carbocycles. The molecule has 0 aromatic heterocycles. The summed E-state index contributed by atoms with van der Waals surface area (Å²) in [6.45, 7) is 10.2. The molecule has 3 nitrogen and oxygen atoms in total. The van der Waals surface area contributed by atoms with Gasteiger partial charge in [-0.3, -0.25) is 4.79 Å². The van der Waals surface area contributed by atoms with Gasteiger partial charge in [0.1, 0.15) is 5.75 Å². The lowest BCUT2D eigenvalue weighted by Crippen LogP contribution is -2.14. The minimum atomic E-state index is -0.282. The first-order valence-electron chi connectivity index (χ1n) is 8.04. The molecule has 0 fully saturated rings. The zero-order valence-electron chi connectivity index (χ0n) is 14.5. The highest BCUT2D eigenvalue weighted by Gasteiger charge is 2.19. The van der Waals surface area contributed by atoms with Crippen LogP contribution in [0, 0.1) is 6.92 Å². The summed E-state index contributed by atoms with van der Waals surface area (Å²) in [6.07, 6.45) is 0. The third-order valence-corrected chi connectivity index (χ3v) is 4.00. The molecule has 0 spiro atoms.